The highest BCUT2D eigenvalue weighted by atomic mass is 16.5. The van der Waals surface area contributed by atoms with E-state index in [1.165, 1.54) is 5.56 Å². The van der Waals surface area contributed by atoms with E-state index >= 15 is 0 Å². The first-order chi connectivity index (χ1) is 16.3. The first-order valence-electron chi connectivity index (χ1n) is 11.6. The van der Waals surface area contributed by atoms with Crippen LogP contribution in [0.3, 0.4) is 0 Å². The van der Waals surface area contributed by atoms with Crippen LogP contribution in [0.25, 0.3) is 0 Å². The molecule has 0 saturated heterocycles. The lowest BCUT2D eigenvalue weighted by Gasteiger charge is -2.29. The van der Waals surface area contributed by atoms with Gasteiger partial charge in [-0.2, -0.15) is 0 Å². The molecule has 0 fully saturated rings. The van der Waals surface area contributed by atoms with Gasteiger partial charge in [0.2, 0.25) is 5.91 Å². The van der Waals surface area contributed by atoms with Gasteiger partial charge in [-0.25, -0.2) is 0 Å². The van der Waals surface area contributed by atoms with Gasteiger partial charge < -0.3 is 10.1 Å². The minimum atomic E-state index is -0.272. The molecule has 1 amide bonds. The number of fused-ring (bicyclic) bond motifs is 1. The smallest absolute Gasteiger partial charge is 0.224 e. The van der Waals surface area contributed by atoms with E-state index in [1.807, 2.05) is 42.5 Å². The molecule has 4 rings (SSSR count). The van der Waals surface area contributed by atoms with Crippen molar-refractivity contribution in [2.24, 2.45) is 4.99 Å². The summed E-state index contributed by atoms with van der Waals surface area (Å²) in [5, 5.41) is 2.92. The van der Waals surface area contributed by atoms with E-state index in [4.69, 9.17) is 9.73 Å². The largest absolute Gasteiger partial charge is 0.497 e. The monoisotopic (exact) mass is 454 g/mol. The van der Waals surface area contributed by atoms with Crippen molar-refractivity contribution in [3.05, 3.63) is 95.1 Å². The van der Waals surface area contributed by atoms with Crippen LogP contribution in [0.15, 0.2) is 77.8 Å². The van der Waals surface area contributed by atoms with Crippen LogP contribution in [0.1, 0.15) is 53.7 Å². The average Bonchev–Trinajstić information content (AvgIpc) is 2.82. The molecule has 3 aromatic carbocycles. The molecule has 0 aromatic heterocycles. The molecule has 0 radical (unpaired) electrons. The SMILES string of the molecule is COc1ccc2c(c1)C(CC(=O)c1cccc(NC(=O)CCc3ccccc3)c1)=NC(C)(C)C2. The Morgan fingerprint density at radius 3 is 2.56 bits per heavy atom. The standard InChI is InChI=1S/C29H30N2O3/c1-29(2)19-22-13-14-24(34-3)17-25(22)26(31-29)18-27(32)21-10-7-11-23(16-21)30-28(33)15-12-20-8-5-4-6-9-20/h4-11,13-14,16-17H,12,15,18-19H2,1-3H3,(H,30,33). The Labute approximate surface area is 200 Å². The number of methoxy groups -OCH3 is 1. The molecule has 1 heterocycles. The zero-order valence-corrected chi connectivity index (χ0v) is 19.9. The lowest BCUT2D eigenvalue weighted by molar-refractivity contribution is -0.116. The van der Waals surface area contributed by atoms with Crippen molar-refractivity contribution in [2.75, 3.05) is 12.4 Å². The molecule has 0 saturated carbocycles. The summed E-state index contributed by atoms with van der Waals surface area (Å²) < 4.78 is 5.39. The van der Waals surface area contributed by atoms with E-state index < -0.39 is 0 Å². The van der Waals surface area contributed by atoms with Gasteiger partial charge in [0, 0.05) is 23.2 Å². The summed E-state index contributed by atoms with van der Waals surface area (Å²) in [6, 6.07) is 23.0. The highest BCUT2D eigenvalue weighted by Gasteiger charge is 2.28. The molecule has 5 heteroatoms. The number of aliphatic imine (C=N–C) groups is 1. The number of hydrogen-bond acceptors (Lipinski definition) is 4. The molecule has 174 valence electrons. The molecule has 0 bridgehead atoms. The Kier molecular flexibility index (Phi) is 6.92. The Balaban J connectivity index is 1.46. The van der Waals surface area contributed by atoms with Crippen molar-refractivity contribution in [2.45, 2.75) is 45.1 Å². The van der Waals surface area contributed by atoms with Gasteiger partial charge in [0.25, 0.3) is 0 Å². The molecule has 3 aromatic rings. The van der Waals surface area contributed by atoms with E-state index in [-0.39, 0.29) is 23.7 Å². The Bertz CT molecular complexity index is 1230. The van der Waals surface area contributed by atoms with Gasteiger partial charge in [0.15, 0.2) is 5.78 Å². The van der Waals surface area contributed by atoms with Gasteiger partial charge >= 0.3 is 0 Å². The Hall–Kier alpha value is -3.73. The Morgan fingerprint density at radius 1 is 1.00 bits per heavy atom. The fourth-order valence-corrected chi connectivity index (χ4v) is 4.32. The minimum Gasteiger partial charge on any atom is -0.497 e. The summed E-state index contributed by atoms with van der Waals surface area (Å²) in [6.45, 7) is 4.16. The maximum Gasteiger partial charge on any atom is 0.224 e. The van der Waals surface area contributed by atoms with Gasteiger partial charge in [-0.3, -0.25) is 14.6 Å². The van der Waals surface area contributed by atoms with Gasteiger partial charge in [0.1, 0.15) is 5.75 Å². The second kappa shape index (κ2) is 10.0. The first kappa shape index (κ1) is 23.4. The highest BCUT2D eigenvalue weighted by Crippen LogP contribution is 2.31. The second-order valence-corrected chi connectivity index (χ2v) is 9.29. The molecule has 5 nitrogen and oxygen atoms in total. The van der Waals surface area contributed by atoms with Crippen LogP contribution in [0.5, 0.6) is 5.75 Å². The maximum atomic E-state index is 13.2. The van der Waals surface area contributed by atoms with E-state index in [9.17, 15) is 9.59 Å². The number of benzene rings is 3. The van der Waals surface area contributed by atoms with Crippen molar-refractivity contribution in [1.29, 1.82) is 0 Å². The maximum absolute atomic E-state index is 13.2. The van der Waals surface area contributed by atoms with Crippen LogP contribution in [0.2, 0.25) is 0 Å². The summed E-state index contributed by atoms with van der Waals surface area (Å²) in [5.41, 5.74) is 4.93. The Morgan fingerprint density at radius 2 is 1.79 bits per heavy atom. The molecule has 1 aliphatic heterocycles. The highest BCUT2D eigenvalue weighted by molar-refractivity contribution is 6.17. The van der Waals surface area contributed by atoms with Crippen LogP contribution in [-0.2, 0) is 17.6 Å². The van der Waals surface area contributed by atoms with Crippen molar-refractivity contribution in [3.63, 3.8) is 0 Å². The number of hydrogen-bond donors (Lipinski definition) is 1. The predicted octanol–water partition coefficient (Wildman–Crippen LogP) is 5.66. The molecular formula is C29H30N2O3. The lowest BCUT2D eigenvalue weighted by Crippen LogP contribution is -2.30. The summed E-state index contributed by atoms with van der Waals surface area (Å²) in [4.78, 5) is 30.5. The fraction of sp³-hybridized carbons (Fsp3) is 0.276. The number of ether oxygens (including phenoxy) is 1. The number of rotatable bonds is 8. The van der Waals surface area contributed by atoms with Crippen molar-refractivity contribution < 1.29 is 14.3 Å². The minimum absolute atomic E-state index is 0.0365. The predicted molar refractivity (Wildman–Crippen MR) is 136 cm³/mol. The molecule has 1 N–H and O–H groups in total. The van der Waals surface area contributed by atoms with Gasteiger partial charge in [0.05, 0.1) is 24.8 Å². The van der Waals surface area contributed by atoms with E-state index in [1.54, 1.807) is 31.4 Å². The van der Waals surface area contributed by atoms with Gasteiger partial charge in [-0.1, -0.05) is 48.5 Å². The molecule has 0 spiro atoms. The second-order valence-electron chi connectivity index (χ2n) is 9.29. The number of nitrogens with zero attached hydrogens (tertiary/aromatic N) is 1. The summed E-state index contributed by atoms with van der Waals surface area (Å²) in [5.74, 6) is 0.636. The number of ketones is 1. The van der Waals surface area contributed by atoms with Crippen molar-refractivity contribution in [3.8, 4) is 5.75 Å². The van der Waals surface area contributed by atoms with E-state index in [0.717, 1.165) is 29.0 Å². The number of anilines is 1. The number of amides is 1. The van der Waals surface area contributed by atoms with Crippen LogP contribution < -0.4 is 10.1 Å². The van der Waals surface area contributed by atoms with Crippen LogP contribution in [0.4, 0.5) is 5.69 Å². The summed E-state index contributed by atoms with van der Waals surface area (Å²) >= 11 is 0. The van der Waals surface area contributed by atoms with Gasteiger partial charge in [-0.05, 0) is 62.1 Å². The molecule has 0 aliphatic carbocycles. The quantitative estimate of drug-likeness (QED) is 0.446. The average molecular weight is 455 g/mol. The van der Waals surface area contributed by atoms with Crippen LogP contribution in [-0.4, -0.2) is 30.1 Å². The number of nitrogens with one attached hydrogen (secondary N) is 1. The zero-order valence-electron chi connectivity index (χ0n) is 19.9. The summed E-state index contributed by atoms with van der Waals surface area (Å²) in [7, 11) is 1.64. The zero-order chi connectivity index (χ0) is 24.1. The number of aryl methyl sites for hydroxylation is 1. The molecule has 1 aliphatic rings. The number of carbonyl (C=O) groups excluding carboxylic acids is 2. The third-order valence-electron chi connectivity index (χ3n) is 5.97. The third kappa shape index (κ3) is 5.79. The lowest BCUT2D eigenvalue weighted by atomic mass is 9.85. The van der Waals surface area contributed by atoms with Gasteiger partial charge in [-0.15, -0.1) is 0 Å². The fourth-order valence-electron chi connectivity index (χ4n) is 4.32. The number of carbonyl (C=O) groups is 2. The van der Waals surface area contributed by atoms with E-state index in [0.29, 0.717) is 24.1 Å². The molecule has 0 atom stereocenters. The van der Waals surface area contributed by atoms with Crippen LogP contribution >= 0.6 is 0 Å². The molecule has 0 unspecified atom stereocenters. The molecule has 34 heavy (non-hydrogen) atoms. The normalized spacial score (nSPS) is 14.0. The van der Waals surface area contributed by atoms with E-state index in [2.05, 4.69) is 25.2 Å². The topological polar surface area (TPSA) is 67.8 Å². The van der Waals surface area contributed by atoms with Crippen molar-refractivity contribution in [1.82, 2.24) is 0 Å². The molecular weight excluding hydrogens is 424 g/mol. The first-order valence-corrected chi connectivity index (χ1v) is 11.6. The summed E-state index contributed by atoms with van der Waals surface area (Å²) in [6.07, 6.45) is 2.06. The third-order valence-corrected chi connectivity index (χ3v) is 5.97. The van der Waals surface area contributed by atoms with Crippen LogP contribution in [0, 0.1) is 0 Å². The van der Waals surface area contributed by atoms with Crippen molar-refractivity contribution >= 4 is 23.1 Å². The number of Topliss-reactive ketones (excluding diaryl/α,β-unsaturated/α-hetero) is 1.